The Labute approximate surface area is 132 Å². The van der Waals surface area contributed by atoms with E-state index in [1.54, 1.807) is 24.3 Å². The lowest BCUT2D eigenvalue weighted by Gasteiger charge is -2.13. The first kappa shape index (κ1) is 15.0. The fourth-order valence-corrected chi connectivity index (χ4v) is 3.21. The molecule has 2 aromatic carbocycles. The second-order valence-corrected chi connectivity index (χ2v) is 5.80. The van der Waals surface area contributed by atoms with Crippen molar-refractivity contribution in [2.75, 3.05) is 0 Å². The first-order valence-electron chi connectivity index (χ1n) is 6.35. The summed E-state index contributed by atoms with van der Waals surface area (Å²) in [5, 5.41) is 0. The van der Waals surface area contributed by atoms with Gasteiger partial charge in [-0.1, -0.05) is 46.3 Å². The van der Waals surface area contributed by atoms with E-state index in [1.165, 1.54) is 12.1 Å². The van der Waals surface area contributed by atoms with Crippen LogP contribution in [0.25, 0.3) is 0 Å². The van der Waals surface area contributed by atoms with Crippen molar-refractivity contribution in [3.63, 3.8) is 0 Å². The summed E-state index contributed by atoms with van der Waals surface area (Å²) >= 11 is 2.86. The molecule has 1 aliphatic carbocycles. The molecule has 0 spiro atoms. The van der Waals surface area contributed by atoms with E-state index in [1.807, 2.05) is 0 Å². The first-order valence-corrected chi connectivity index (χ1v) is 7.14. The summed E-state index contributed by atoms with van der Waals surface area (Å²) in [7, 11) is 0. The number of benzene rings is 2. The van der Waals surface area contributed by atoms with E-state index < -0.39 is 17.7 Å². The van der Waals surface area contributed by atoms with Gasteiger partial charge < -0.3 is 0 Å². The molecular formula is C16H8BrF3O2. The quantitative estimate of drug-likeness (QED) is 0.687. The number of fused-ring (bicyclic) bond motifs is 1. The predicted molar refractivity (Wildman–Crippen MR) is 77.0 cm³/mol. The van der Waals surface area contributed by atoms with Crippen LogP contribution in [0.1, 0.15) is 37.8 Å². The zero-order valence-electron chi connectivity index (χ0n) is 10.9. The molecule has 0 amide bonds. The van der Waals surface area contributed by atoms with Gasteiger partial charge in [-0.25, -0.2) is 0 Å². The molecule has 0 atom stereocenters. The Balaban J connectivity index is 2.05. The number of carbonyl (C=O) groups excluding carboxylic acids is 2. The molecular weight excluding hydrogens is 361 g/mol. The maximum absolute atomic E-state index is 12.8. The molecule has 0 N–H and O–H groups in total. The van der Waals surface area contributed by atoms with Crippen LogP contribution in [-0.2, 0) is 6.18 Å². The lowest BCUT2D eigenvalue weighted by atomic mass is 9.93. The molecule has 0 saturated heterocycles. The van der Waals surface area contributed by atoms with Gasteiger partial charge in [-0.05, 0) is 17.7 Å². The third kappa shape index (κ3) is 2.27. The maximum atomic E-state index is 12.8. The maximum Gasteiger partial charge on any atom is 0.417 e. The molecule has 0 fully saturated rings. The number of rotatable bonds is 1. The fraction of sp³-hybridized carbons (Fsp3) is 0.125. The van der Waals surface area contributed by atoms with Crippen LogP contribution < -0.4 is 0 Å². The number of carbonyl (C=O) groups is 2. The molecule has 0 heterocycles. The van der Waals surface area contributed by atoms with Crippen LogP contribution in [0.3, 0.4) is 0 Å². The van der Waals surface area contributed by atoms with Gasteiger partial charge in [0.05, 0.1) is 5.56 Å². The molecule has 0 saturated carbocycles. The molecule has 0 bridgehead atoms. The summed E-state index contributed by atoms with van der Waals surface area (Å²) in [5.74, 6) is -1.84. The van der Waals surface area contributed by atoms with Crippen molar-refractivity contribution in [3.05, 3.63) is 69.2 Å². The van der Waals surface area contributed by atoms with Crippen molar-refractivity contribution in [2.45, 2.75) is 12.1 Å². The van der Waals surface area contributed by atoms with E-state index in [2.05, 4.69) is 15.9 Å². The van der Waals surface area contributed by atoms with Gasteiger partial charge in [0.25, 0.3) is 0 Å². The molecule has 22 heavy (non-hydrogen) atoms. The zero-order chi connectivity index (χ0) is 16.1. The second-order valence-electron chi connectivity index (χ2n) is 4.94. The summed E-state index contributed by atoms with van der Waals surface area (Å²) in [6, 6.07) is 9.64. The van der Waals surface area contributed by atoms with Crippen LogP contribution in [-0.4, -0.2) is 11.6 Å². The third-order valence-electron chi connectivity index (χ3n) is 3.61. The molecule has 1 aliphatic rings. The third-order valence-corrected chi connectivity index (χ3v) is 4.27. The van der Waals surface area contributed by atoms with Gasteiger partial charge in [-0.15, -0.1) is 0 Å². The SMILES string of the molecule is O=C1c2ccccc2C(=O)C1c1ccc(C(F)(F)F)c(Br)c1. The number of hydrogen-bond acceptors (Lipinski definition) is 2. The molecule has 3 rings (SSSR count). The highest BCUT2D eigenvalue weighted by Crippen LogP contribution is 2.39. The van der Waals surface area contributed by atoms with Crippen LogP contribution >= 0.6 is 15.9 Å². The van der Waals surface area contributed by atoms with Crippen molar-refractivity contribution in [1.82, 2.24) is 0 Å². The van der Waals surface area contributed by atoms with Crippen LogP contribution in [0.5, 0.6) is 0 Å². The summed E-state index contributed by atoms with van der Waals surface area (Å²) in [5.41, 5.74) is 0.0415. The monoisotopic (exact) mass is 368 g/mol. The molecule has 2 nitrogen and oxygen atoms in total. The number of halogens is 4. The number of alkyl halides is 3. The van der Waals surface area contributed by atoms with Gasteiger partial charge in [0.2, 0.25) is 0 Å². The number of hydrogen-bond donors (Lipinski definition) is 0. The van der Waals surface area contributed by atoms with E-state index in [0.717, 1.165) is 6.07 Å². The van der Waals surface area contributed by atoms with Crippen LogP contribution in [0.4, 0.5) is 13.2 Å². The highest BCUT2D eigenvalue weighted by atomic mass is 79.9. The largest absolute Gasteiger partial charge is 0.417 e. The van der Waals surface area contributed by atoms with Crippen molar-refractivity contribution >= 4 is 27.5 Å². The normalized spacial score (nSPS) is 15.3. The summed E-state index contributed by atoms with van der Waals surface area (Å²) in [6.07, 6.45) is -4.50. The van der Waals surface area contributed by atoms with Crippen molar-refractivity contribution in [3.8, 4) is 0 Å². The Morgan fingerprint density at radius 1 is 0.909 bits per heavy atom. The number of ketones is 2. The zero-order valence-corrected chi connectivity index (χ0v) is 12.5. The minimum absolute atomic E-state index is 0.186. The lowest BCUT2D eigenvalue weighted by molar-refractivity contribution is -0.138. The van der Waals surface area contributed by atoms with Gasteiger partial charge >= 0.3 is 6.18 Å². The Bertz CT molecular complexity index is 761. The summed E-state index contributed by atoms with van der Waals surface area (Å²) in [6.45, 7) is 0. The van der Waals surface area contributed by atoms with Crippen LogP contribution in [0.15, 0.2) is 46.9 Å². The molecule has 112 valence electrons. The van der Waals surface area contributed by atoms with Gasteiger partial charge in [0, 0.05) is 15.6 Å². The van der Waals surface area contributed by atoms with Crippen molar-refractivity contribution in [2.24, 2.45) is 0 Å². The van der Waals surface area contributed by atoms with Gasteiger partial charge in [-0.2, -0.15) is 13.2 Å². The highest BCUT2D eigenvalue weighted by molar-refractivity contribution is 9.10. The molecule has 0 unspecified atom stereocenters. The molecule has 0 aromatic heterocycles. The van der Waals surface area contributed by atoms with Gasteiger partial charge in [-0.3, -0.25) is 9.59 Å². The molecule has 0 radical (unpaired) electrons. The Morgan fingerprint density at radius 2 is 1.45 bits per heavy atom. The summed E-state index contributed by atoms with van der Waals surface area (Å²) < 4.78 is 38.1. The van der Waals surface area contributed by atoms with E-state index in [0.29, 0.717) is 11.1 Å². The van der Waals surface area contributed by atoms with Crippen molar-refractivity contribution in [1.29, 1.82) is 0 Å². The van der Waals surface area contributed by atoms with Crippen molar-refractivity contribution < 1.29 is 22.8 Å². The van der Waals surface area contributed by atoms with E-state index in [-0.39, 0.29) is 21.6 Å². The minimum atomic E-state index is -4.50. The average molecular weight is 369 g/mol. The molecule has 6 heteroatoms. The first-order chi connectivity index (χ1) is 10.3. The topological polar surface area (TPSA) is 34.1 Å². The fourth-order valence-electron chi connectivity index (χ4n) is 2.59. The lowest BCUT2D eigenvalue weighted by Crippen LogP contribution is -2.14. The highest BCUT2D eigenvalue weighted by Gasteiger charge is 2.40. The average Bonchev–Trinajstić information content (AvgIpc) is 2.70. The van der Waals surface area contributed by atoms with E-state index >= 15 is 0 Å². The molecule has 0 aliphatic heterocycles. The van der Waals surface area contributed by atoms with Gasteiger partial charge in [0.1, 0.15) is 5.92 Å². The Hall–Kier alpha value is -1.95. The van der Waals surface area contributed by atoms with Crippen LogP contribution in [0.2, 0.25) is 0 Å². The number of Topliss-reactive ketones (excluding diaryl/α,β-unsaturated/α-hetero) is 2. The summed E-state index contributed by atoms with van der Waals surface area (Å²) in [4.78, 5) is 24.7. The standard InChI is InChI=1S/C16H8BrF3O2/c17-12-7-8(5-6-11(12)16(18,19)20)13-14(21)9-3-1-2-4-10(9)15(13)22/h1-7,13H. The Morgan fingerprint density at radius 3 is 1.91 bits per heavy atom. The van der Waals surface area contributed by atoms with E-state index in [4.69, 9.17) is 0 Å². The van der Waals surface area contributed by atoms with Crippen LogP contribution in [0, 0.1) is 0 Å². The molecule has 2 aromatic rings. The van der Waals surface area contributed by atoms with Gasteiger partial charge in [0.15, 0.2) is 11.6 Å². The smallest absolute Gasteiger partial charge is 0.293 e. The second kappa shape index (κ2) is 5.05. The predicted octanol–water partition coefficient (Wildman–Crippen LogP) is 4.63. The van der Waals surface area contributed by atoms with E-state index in [9.17, 15) is 22.8 Å². The minimum Gasteiger partial charge on any atom is -0.293 e. The Kier molecular flexibility index (Phi) is 3.44.